The van der Waals surface area contributed by atoms with Gasteiger partial charge in [0.15, 0.2) is 11.0 Å². The number of pyridine rings is 1. The van der Waals surface area contributed by atoms with Gasteiger partial charge in [-0.1, -0.05) is 34.8 Å². The molecule has 0 aliphatic heterocycles. The number of rotatable bonds is 4. The molecule has 3 rings (SSSR count). The van der Waals surface area contributed by atoms with Crippen LogP contribution in [-0.4, -0.2) is 33.6 Å². The molecule has 0 radical (unpaired) electrons. The summed E-state index contributed by atoms with van der Waals surface area (Å²) in [6.45, 7) is 0. The van der Waals surface area contributed by atoms with Gasteiger partial charge in [-0.15, -0.1) is 0 Å². The molecule has 29 heavy (non-hydrogen) atoms. The van der Waals surface area contributed by atoms with E-state index in [2.05, 4.69) is 20.7 Å². The summed E-state index contributed by atoms with van der Waals surface area (Å²) in [7, 11) is 1.42. The van der Waals surface area contributed by atoms with E-state index in [-0.39, 0.29) is 43.5 Å². The Kier molecular flexibility index (Phi) is 6.03. The van der Waals surface area contributed by atoms with Crippen molar-refractivity contribution in [1.29, 1.82) is 5.26 Å². The van der Waals surface area contributed by atoms with Crippen LogP contribution in [0.3, 0.4) is 0 Å². The van der Waals surface area contributed by atoms with Gasteiger partial charge in [0.1, 0.15) is 5.69 Å². The molecule has 0 bridgehead atoms. The number of nitrogens with one attached hydrogen (secondary N) is 2. The summed E-state index contributed by atoms with van der Waals surface area (Å²) >= 11 is 18.3. The minimum Gasteiger partial charge on any atom is -0.355 e. The summed E-state index contributed by atoms with van der Waals surface area (Å²) < 4.78 is 1.18. The van der Waals surface area contributed by atoms with Crippen LogP contribution in [0.15, 0.2) is 36.5 Å². The molecule has 3 aromatic rings. The van der Waals surface area contributed by atoms with Crippen LogP contribution in [0.5, 0.6) is 0 Å². The summed E-state index contributed by atoms with van der Waals surface area (Å²) in [5.41, 5.74) is 0.239. The normalized spacial score (nSPS) is 10.3. The van der Waals surface area contributed by atoms with Crippen LogP contribution in [0.25, 0.3) is 5.82 Å². The van der Waals surface area contributed by atoms with Crippen molar-refractivity contribution in [1.82, 2.24) is 20.1 Å². The summed E-state index contributed by atoms with van der Waals surface area (Å²) in [4.78, 5) is 29.3. The third kappa shape index (κ3) is 4.17. The van der Waals surface area contributed by atoms with E-state index in [1.165, 1.54) is 36.1 Å². The standard InChI is InChI=1S/C18H11Cl3N6O2/c1-23-17(28)10-5-9(8-22)6-12(20)15(10)25-18(29)13-7-14(21)26-27(13)16-11(19)3-2-4-24-16/h2-7H,1H3,(H,23,28)(H,25,29). The number of benzene rings is 1. The molecule has 0 fully saturated rings. The lowest BCUT2D eigenvalue weighted by molar-refractivity contribution is 0.0964. The molecule has 0 unspecified atom stereocenters. The number of aromatic nitrogens is 3. The summed E-state index contributed by atoms with van der Waals surface area (Å²) in [6.07, 6.45) is 1.49. The van der Waals surface area contributed by atoms with Gasteiger partial charge in [-0.25, -0.2) is 9.67 Å². The summed E-state index contributed by atoms with van der Waals surface area (Å²) in [5, 5.41) is 18.5. The first-order chi connectivity index (χ1) is 13.8. The van der Waals surface area contributed by atoms with E-state index < -0.39 is 11.8 Å². The number of halogens is 3. The SMILES string of the molecule is CNC(=O)c1cc(C#N)cc(Cl)c1NC(=O)c1cc(Cl)nn1-c1ncccc1Cl. The molecule has 0 saturated carbocycles. The van der Waals surface area contributed by atoms with Crippen LogP contribution in [-0.2, 0) is 0 Å². The molecule has 0 spiro atoms. The quantitative estimate of drug-likeness (QED) is 0.630. The second kappa shape index (κ2) is 8.49. The van der Waals surface area contributed by atoms with Gasteiger partial charge < -0.3 is 10.6 Å². The zero-order valence-corrected chi connectivity index (χ0v) is 17.0. The highest BCUT2D eigenvalue weighted by atomic mass is 35.5. The number of nitriles is 1. The maximum atomic E-state index is 12.9. The number of amides is 2. The fourth-order valence-electron chi connectivity index (χ4n) is 2.50. The Labute approximate surface area is 180 Å². The Balaban J connectivity index is 2.06. The third-order valence-electron chi connectivity index (χ3n) is 3.78. The highest BCUT2D eigenvalue weighted by molar-refractivity contribution is 6.35. The van der Waals surface area contributed by atoms with Crippen molar-refractivity contribution in [3.05, 3.63) is 68.5 Å². The molecule has 2 heterocycles. The molecule has 8 nitrogen and oxygen atoms in total. The van der Waals surface area contributed by atoms with Crippen LogP contribution in [0.1, 0.15) is 26.4 Å². The van der Waals surface area contributed by atoms with Crippen LogP contribution >= 0.6 is 34.8 Å². The molecular formula is C18H11Cl3N6O2. The minimum atomic E-state index is -0.664. The molecule has 2 N–H and O–H groups in total. The lowest BCUT2D eigenvalue weighted by Crippen LogP contribution is -2.23. The Bertz CT molecular complexity index is 1170. The van der Waals surface area contributed by atoms with Crippen molar-refractivity contribution >= 4 is 52.3 Å². The Hall–Kier alpha value is -3.12. The predicted molar refractivity (Wildman–Crippen MR) is 109 cm³/mol. The van der Waals surface area contributed by atoms with E-state index >= 15 is 0 Å². The van der Waals surface area contributed by atoms with Gasteiger partial charge in [-0.05, 0) is 24.3 Å². The van der Waals surface area contributed by atoms with Crippen molar-refractivity contribution in [3.8, 4) is 11.9 Å². The molecule has 0 atom stereocenters. The van der Waals surface area contributed by atoms with Gasteiger partial charge in [0, 0.05) is 19.3 Å². The van der Waals surface area contributed by atoms with Gasteiger partial charge in [0.25, 0.3) is 11.8 Å². The van der Waals surface area contributed by atoms with E-state index in [1.807, 2.05) is 6.07 Å². The molecule has 1 aromatic carbocycles. The molecule has 146 valence electrons. The first-order valence-corrected chi connectivity index (χ1v) is 9.12. The Morgan fingerprint density at radius 1 is 1.14 bits per heavy atom. The molecule has 0 aliphatic rings. The number of anilines is 1. The van der Waals surface area contributed by atoms with Gasteiger partial charge in [0.05, 0.1) is 32.9 Å². The van der Waals surface area contributed by atoms with E-state index in [0.29, 0.717) is 0 Å². The average molecular weight is 450 g/mol. The van der Waals surface area contributed by atoms with Crippen molar-refractivity contribution in [3.63, 3.8) is 0 Å². The zero-order valence-electron chi connectivity index (χ0n) is 14.7. The maximum absolute atomic E-state index is 12.9. The van der Waals surface area contributed by atoms with Crippen LogP contribution in [0.2, 0.25) is 15.2 Å². The minimum absolute atomic E-state index is 0.0129. The van der Waals surface area contributed by atoms with Gasteiger partial charge in [-0.2, -0.15) is 10.4 Å². The predicted octanol–water partition coefficient (Wildman–Crippen LogP) is 3.71. The van der Waals surface area contributed by atoms with Crippen LogP contribution in [0.4, 0.5) is 5.69 Å². The molecule has 2 amide bonds. The summed E-state index contributed by atoms with van der Waals surface area (Å²) in [5.74, 6) is -0.995. The van der Waals surface area contributed by atoms with Crippen molar-refractivity contribution < 1.29 is 9.59 Å². The zero-order chi connectivity index (χ0) is 21.1. The van der Waals surface area contributed by atoms with Gasteiger partial charge >= 0.3 is 0 Å². The fraction of sp³-hybridized carbons (Fsp3) is 0.0556. The van der Waals surface area contributed by atoms with E-state index in [9.17, 15) is 9.59 Å². The monoisotopic (exact) mass is 448 g/mol. The highest BCUT2D eigenvalue weighted by Gasteiger charge is 2.22. The molecule has 0 saturated heterocycles. The first-order valence-electron chi connectivity index (χ1n) is 7.99. The smallest absolute Gasteiger partial charge is 0.274 e. The largest absolute Gasteiger partial charge is 0.355 e. The van der Waals surface area contributed by atoms with Crippen molar-refractivity contribution in [2.75, 3.05) is 12.4 Å². The fourth-order valence-corrected chi connectivity index (χ4v) is 3.15. The van der Waals surface area contributed by atoms with Gasteiger partial charge in [0.2, 0.25) is 0 Å². The average Bonchev–Trinajstić information content (AvgIpc) is 3.10. The topological polar surface area (TPSA) is 113 Å². The highest BCUT2D eigenvalue weighted by Crippen LogP contribution is 2.29. The van der Waals surface area contributed by atoms with Gasteiger partial charge in [-0.3, -0.25) is 9.59 Å². The van der Waals surface area contributed by atoms with E-state index in [4.69, 9.17) is 40.1 Å². The van der Waals surface area contributed by atoms with Crippen LogP contribution < -0.4 is 10.6 Å². The molecular weight excluding hydrogens is 439 g/mol. The van der Waals surface area contributed by atoms with Crippen molar-refractivity contribution in [2.45, 2.75) is 0 Å². The van der Waals surface area contributed by atoms with Crippen LogP contribution in [0, 0.1) is 11.3 Å². The lowest BCUT2D eigenvalue weighted by atomic mass is 10.1. The Morgan fingerprint density at radius 2 is 1.90 bits per heavy atom. The molecule has 2 aromatic heterocycles. The third-order valence-corrected chi connectivity index (χ3v) is 4.56. The molecule has 11 heteroatoms. The van der Waals surface area contributed by atoms with Crippen molar-refractivity contribution in [2.24, 2.45) is 0 Å². The lowest BCUT2D eigenvalue weighted by Gasteiger charge is -2.13. The number of carbonyl (C=O) groups excluding carboxylic acids is 2. The molecule has 0 aliphatic carbocycles. The first kappa shape index (κ1) is 20.6. The maximum Gasteiger partial charge on any atom is 0.274 e. The second-order valence-electron chi connectivity index (χ2n) is 5.60. The summed E-state index contributed by atoms with van der Waals surface area (Å²) in [6, 6.07) is 9.10. The van der Waals surface area contributed by atoms with E-state index in [1.54, 1.807) is 12.1 Å². The second-order valence-corrected chi connectivity index (χ2v) is 6.80. The number of nitrogens with zero attached hydrogens (tertiary/aromatic N) is 4. The number of hydrogen-bond acceptors (Lipinski definition) is 5. The Morgan fingerprint density at radius 3 is 2.55 bits per heavy atom. The number of hydrogen-bond donors (Lipinski definition) is 2. The van der Waals surface area contributed by atoms with E-state index in [0.717, 1.165) is 0 Å². The number of carbonyl (C=O) groups is 2.